The van der Waals surface area contributed by atoms with Crippen LogP contribution in [-0.2, 0) is 20.1 Å². The van der Waals surface area contributed by atoms with Crippen molar-refractivity contribution < 1.29 is 0 Å². The van der Waals surface area contributed by atoms with Crippen LogP contribution in [0.3, 0.4) is 0 Å². The van der Waals surface area contributed by atoms with Gasteiger partial charge in [-0.1, -0.05) is 6.07 Å². The Morgan fingerprint density at radius 1 is 1.47 bits per heavy atom. The lowest BCUT2D eigenvalue weighted by atomic mass is 10.2. The van der Waals surface area contributed by atoms with Gasteiger partial charge < -0.3 is 5.32 Å². The third-order valence-corrected chi connectivity index (χ3v) is 3.41. The molecule has 2 heterocycles. The summed E-state index contributed by atoms with van der Waals surface area (Å²) in [6.07, 6.45) is 1.93. The third-order valence-electron chi connectivity index (χ3n) is 2.53. The fraction of sp³-hybridized carbons (Fsp3) is 0.364. The van der Waals surface area contributed by atoms with Crippen LogP contribution in [0.2, 0.25) is 0 Å². The molecule has 0 aliphatic heterocycles. The van der Waals surface area contributed by atoms with Crippen LogP contribution in [0.1, 0.15) is 16.1 Å². The summed E-state index contributed by atoms with van der Waals surface area (Å²) in [5, 5.41) is 9.73. The van der Waals surface area contributed by atoms with E-state index in [2.05, 4.69) is 34.9 Å². The van der Waals surface area contributed by atoms with Crippen LogP contribution < -0.4 is 5.32 Å². The summed E-state index contributed by atoms with van der Waals surface area (Å²) in [6, 6.07) is 4.23. The Hall–Kier alpha value is -1.13. The molecule has 1 N–H and O–H groups in total. The smallest absolute Gasteiger partial charge is 0.0537 e. The summed E-state index contributed by atoms with van der Waals surface area (Å²) in [7, 11) is 1.97. The molecule has 2 rings (SSSR count). The molecule has 2 aromatic rings. The summed E-state index contributed by atoms with van der Waals surface area (Å²) >= 11 is 1.78. The molecule has 0 saturated heterocycles. The van der Waals surface area contributed by atoms with Crippen molar-refractivity contribution >= 4 is 11.3 Å². The highest BCUT2D eigenvalue weighted by atomic mass is 32.1. The largest absolute Gasteiger partial charge is 0.308 e. The first-order valence-corrected chi connectivity index (χ1v) is 5.86. The molecule has 0 amide bonds. The Labute approximate surface area is 93.7 Å². The summed E-state index contributed by atoms with van der Waals surface area (Å²) in [4.78, 5) is 1.37. The van der Waals surface area contributed by atoms with Crippen molar-refractivity contribution in [2.24, 2.45) is 7.05 Å². The van der Waals surface area contributed by atoms with E-state index in [0.29, 0.717) is 0 Å². The van der Waals surface area contributed by atoms with E-state index in [1.165, 1.54) is 16.1 Å². The molecule has 0 spiro atoms. The second kappa shape index (κ2) is 4.59. The number of nitrogens with zero attached hydrogens (tertiary/aromatic N) is 2. The fourth-order valence-corrected chi connectivity index (χ4v) is 2.13. The van der Waals surface area contributed by atoms with Gasteiger partial charge in [-0.05, 0) is 18.4 Å². The van der Waals surface area contributed by atoms with Crippen LogP contribution in [0.25, 0.3) is 0 Å². The predicted molar refractivity (Wildman–Crippen MR) is 62.8 cm³/mol. The molecular formula is C11H15N3S. The number of rotatable bonds is 4. The van der Waals surface area contributed by atoms with Crippen molar-refractivity contribution in [3.63, 3.8) is 0 Å². The highest BCUT2D eigenvalue weighted by Crippen LogP contribution is 2.09. The quantitative estimate of drug-likeness (QED) is 0.856. The van der Waals surface area contributed by atoms with E-state index in [1.807, 2.05) is 17.9 Å². The van der Waals surface area contributed by atoms with Crippen molar-refractivity contribution in [1.29, 1.82) is 0 Å². The maximum Gasteiger partial charge on any atom is 0.0537 e. The van der Waals surface area contributed by atoms with Gasteiger partial charge in [-0.2, -0.15) is 5.10 Å². The van der Waals surface area contributed by atoms with E-state index < -0.39 is 0 Å². The lowest BCUT2D eigenvalue weighted by Gasteiger charge is -2.02. The standard InChI is InChI=1S/C11H15N3S/c1-9-10(7-13-14(9)2)6-12-8-11-4-3-5-15-11/h3-5,7,12H,6,8H2,1-2H3. The SMILES string of the molecule is Cc1c(CNCc2cccs2)cnn1C. The first kappa shape index (κ1) is 10.4. The van der Waals surface area contributed by atoms with E-state index in [1.54, 1.807) is 11.3 Å². The van der Waals surface area contributed by atoms with Gasteiger partial charge in [-0.3, -0.25) is 4.68 Å². The fourth-order valence-electron chi connectivity index (χ4n) is 1.45. The highest BCUT2D eigenvalue weighted by Gasteiger charge is 2.02. The van der Waals surface area contributed by atoms with Crippen molar-refractivity contribution in [3.05, 3.63) is 39.8 Å². The second-order valence-corrected chi connectivity index (χ2v) is 4.59. The second-order valence-electron chi connectivity index (χ2n) is 3.56. The molecule has 0 radical (unpaired) electrons. The molecule has 0 aromatic carbocycles. The lowest BCUT2D eigenvalue weighted by molar-refractivity contribution is 0.691. The highest BCUT2D eigenvalue weighted by molar-refractivity contribution is 7.09. The molecule has 0 fully saturated rings. The molecule has 2 aromatic heterocycles. The van der Waals surface area contributed by atoms with E-state index >= 15 is 0 Å². The van der Waals surface area contributed by atoms with Crippen LogP contribution in [-0.4, -0.2) is 9.78 Å². The van der Waals surface area contributed by atoms with Gasteiger partial charge in [0.15, 0.2) is 0 Å². The van der Waals surface area contributed by atoms with Gasteiger partial charge in [0.1, 0.15) is 0 Å². The van der Waals surface area contributed by atoms with Gasteiger partial charge >= 0.3 is 0 Å². The molecule has 0 atom stereocenters. The number of aromatic nitrogens is 2. The number of nitrogens with one attached hydrogen (secondary N) is 1. The Balaban J connectivity index is 1.86. The van der Waals surface area contributed by atoms with Gasteiger partial charge in [-0.15, -0.1) is 11.3 Å². The summed E-state index contributed by atoms with van der Waals surface area (Å²) < 4.78 is 1.90. The number of aryl methyl sites for hydroxylation is 1. The maximum absolute atomic E-state index is 4.21. The van der Waals surface area contributed by atoms with Gasteiger partial charge in [0.05, 0.1) is 6.20 Å². The Morgan fingerprint density at radius 2 is 2.33 bits per heavy atom. The van der Waals surface area contributed by atoms with Gasteiger partial charge in [-0.25, -0.2) is 0 Å². The van der Waals surface area contributed by atoms with Crippen LogP contribution in [0, 0.1) is 6.92 Å². The van der Waals surface area contributed by atoms with Gasteiger partial charge in [0.25, 0.3) is 0 Å². The minimum atomic E-state index is 0.886. The maximum atomic E-state index is 4.21. The van der Waals surface area contributed by atoms with E-state index in [-0.39, 0.29) is 0 Å². The van der Waals surface area contributed by atoms with Crippen molar-refractivity contribution in [1.82, 2.24) is 15.1 Å². The minimum absolute atomic E-state index is 0.886. The first-order valence-electron chi connectivity index (χ1n) is 4.98. The van der Waals surface area contributed by atoms with Gasteiger partial charge in [0, 0.05) is 36.3 Å². The van der Waals surface area contributed by atoms with Crippen molar-refractivity contribution in [2.75, 3.05) is 0 Å². The molecule has 0 aliphatic rings. The zero-order valence-corrected chi connectivity index (χ0v) is 9.84. The normalized spacial score (nSPS) is 10.8. The number of hydrogen-bond acceptors (Lipinski definition) is 3. The topological polar surface area (TPSA) is 29.9 Å². The number of hydrogen-bond donors (Lipinski definition) is 1. The van der Waals surface area contributed by atoms with Crippen molar-refractivity contribution in [2.45, 2.75) is 20.0 Å². The van der Waals surface area contributed by atoms with E-state index in [0.717, 1.165) is 13.1 Å². The van der Waals surface area contributed by atoms with E-state index in [4.69, 9.17) is 0 Å². The van der Waals surface area contributed by atoms with Crippen LogP contribution >= 0.6 is 11.3 Å². The molecule has 15 heavy (non-hydrogen) atoms. The van der Waals surface area contributed by atoms with Crippen LogP contribution in [0.4, 0.5) is 0 Å². The molecule has 80 valence electrons. The Kier molecular flexibility index (Phi) is 3.18. The molecule has 0 unspecified atom stereocenters. The zero-order valence-electron chi connectivity index (χ0n) is 9.03. The monoisotopic (exact) mass is 221 g/mol. The molecule has 0 saturated carbocycles. The average molecular weight is 221 g/mol. The predicted octanol–water partition coefficient (Wildman–Crippen LogP) is 2.08. The van der Waals surface area contributed by atoms with Crippen LogP contribution in [0.5, 0.6) is 0 Å². The number of thiophene rings is 1. The minimum Gasteiger partial charge on any atom is -0.308 e. The molecule has 0 bridgehead atoms. The summed E-state index contributed by atoms with van der Waals surface area (Å²) in [5.41, 5.74) is 2.50. The summed E-state index contributed by atoms with van der Waals surface area (Å²) in [6.45, 7) is 3.92. The zero-order chi connectivity index (χ0) is 10.7. The molecule has 3 nitrogen and oxygen atoms in total. The molecule has 0 aliphatic carbocycles. The average Bonchev–Trinajstić information content (AvgIpc) is 2.83. The summed E-state index contributed by atoms with van der Waals surface area (Å²) in [5.74, 6) is 0. The Morgan fingerprint density at radius 3 is 2.93 bits per heavy atom. The first-order chi connectivity index (χ1) is 7.27. The Bertz CT molecular complexity index is 417. The molecule has 4 heteroatoms. The van der Waals surface area contributed by atoms with Gasteiger partial charge in [0.2, 0.25) is 0 Å². The molecular weight excluding hydrogens is 206 g/mol. The van der Waals surface area contributed by atoms with E-state index in [9.17, 15) is 0 Å². The lowest BCUT2D eigenvalue weighted by Crippen LogP contribution is -2.12. The van der Waals surface area contributed by atoms with Crippen molar-refractivity contribution in [3.8, 4) is 0 Å². The van der Waals surface area contributed by atoms with Crippen LogP contribution in [0.15, 0.2) is 23.7 Å². The third kappa shape index (κ3) is 2.46.